The standard InChI is InChI=1S/C11H15NO4/c1-2-3-10(14)16-8-6-7-4-5-9(13)12(7)11(8)15/h7-8H,2-6H2,1H3/t7-,8+/m0/s1. The monoisotopic (exact) mass is 225 g/mol. The number of hydrogen-bond acceptors (Lipinski definition) is 4. The minimum absolute atomic E-state index is 0.0422. The zero-order valence-corrected chi connectivity index (χ0v) is 9.27. The molecule has 0 radical (unpaired) electrons. The van der Waals surface area contributed by atoms with E-state index in [0.29, 0.717) is 32.1 Å². The molecule has 0 spiro atoms. The van der Waals surface area contributed by atoms with Gasteiger partial charge in [-0.15, -0.1) is 0 Å². The summed E-state index contributed by atoms with van der Waals surface area (Å²) in [7, 11) is 0. The van der Waals surface area contributed by atoms with E-state index in [1.165, 1.54) is 4.90 Å². The molecule has 2 aliphatic heterocycles. The smallest absolute Gasteiger partial charge is 0.306 e. The highest BCUT2D eigenvalue weighted by Crippen LogP contribution is 2.31. The molecule has 0 aromatic carbocycles. The van der Waals surface area contributed by atoms with Gasteiger partial charge >= 0.3 is 5.97 Å². The van der Waals surface area contributed by atoms with Crippen LogP contribution in [0.2, 0.25) is 0 Å². The molecule has 2 atom stereocenters. The third kappa shape index (κ3) is 1.81. The topological polar surface area (TPSA) is 63.7 Å². The Balaban J connectivity index is 1.97. The Morgan fingerprint density at radius 3 is 2.88 bits per heavy atom. The molecule has 0 unspecified atom stereocenters. The summed E-state index contributed by atoms with van der Waals surface area (Å²) in [5.74, 6) is -0.824. The first-order valence-electron chi connectivity index (χ1n) is 5.69. The van der Waals surface area contributed by atoms with Crippen molar-refractivity contribution in [2.24, 2.45) is 0 Å². The number of carbonyl (C=O) groups is 3. The number of carbonyl (C=O) groups excluding carboxylic acids is 3. The molecule has 88 valence electrons. The van der Waals surface area contributed by atoms with Gasteiger partial charge in [0.15, 0.2) is 6.10 Å². The molecule has 0 bridgehead atoms. The second-order valence-electron chi connectivity index (χ2n) is 4.26. The average Bonchev–Trinajstić information content (AvgIpc) is 2.71. The Bertz CT molecular complexity index is 339. The third-order valence-corrected chi connectivity index (χ3v) is 3.05. The van der Waals surface area contributed by atoms with Crippen molar-refractivity contribution in [3.8, 4) is 0 Å². The first kappa shape index (κ1) is 11.1. The van der Waals surface area contributed by atoms with Crippen LogP contribution in [0.25, 0.3) is 0 Å². The van der Waals surface area contributed by atoms with E-state index in [2.05, 4.69) is 0 Å². The Morgan fingerprint density at radius 1 is 1.50 bits per heavy atom. The number of hydrogen-bond donors (Lipinski definition) is 0. The number of fused-ring (bicyclic) bond motifs is 1. The van der Waals surface area contributed by atoms with E-state index in [9.17, 15) is 14.4 Å². The van der Waals surface area contributed by atoms with Gasteiger partial charge < -0.3 is 4.74 Å². The van der Waals surface area contributed by atoms with Gasteiger partial charge in [0, 0.05) is 25.3 Å². The summed E-state index contributed by atoms with van der Waals surface area (Å²) in [6.07, 6.45) is 1.90. The number of imide groups is 1. The summed E-state index contributed by atoms with van der Waals surface area (Å²) in [6.45, 7) is 1.87. The van der Waals surface area contributed by atoms with Gasteiger partial charge in [0.25, 0.3) is 5.91 Å². The second-order valence-corrected chi connectivity index (χ2v) is 4.26. The van der Waals surface area contributed by atoms with Crippen molar-refractivity contribution in [2.45, 2.75) is 51.2 Å². The predicted octanol–water partition coefficient (Wildman–Crippen LogP) is 0.620. The predicted molar refractivity (Wildman–Crippen MR) is 54.3 cm³/mol. The fourth-order valence-corrected chi connectivity index (χ4v) is 2.29. The first-order chi connectivity index (χ1) is 7.63. The third-order valence-electron chi connectivity index (χ3n) is 3.05. The molecule has 5 heteroatoms. The second kappa shape index (κ2) is 4.23. The fraction of sp³-hybridized carbons (Fsp3) is 0.727. The number of nitrogens with zero attached hydrogens (tertiary/aromatic N) is 1. The molecule has 0 aromatic rings. The zero-order chi connectivity index (χ0) is 11.7. The van der Waals surface area contributed by atoms with Crippen molar-refractivity contribution in [1.29, 1.82) is 0 Å². The van der Waals surface area contributed by atoms with Crippen molar-refractivity contribution < 1.29 is 19.1 Å². The van der Waals surface area contributed by atoms with Crippen molar-refractivity contribution in [3.05, 3.63) is 0 Å². The molecule has 0 saturated carbocycles. The molecular formula is C11H15NO4. The SMILES string of the molecule is CCCC(=O)O[C@@H]1C[C@@H]2CCC(=O)N2C1=O. The van der Waals surface area contributed by atoms with E-state index in [0.717, 1.165) is 0 Å². The molecule has 2 amide bonds. The van der Waals surface area contributed by atoms with Crippen LogP contribution in [0.3, 0.4) is 0 Å². The first-order valence-corrected chi connectivity index (χ1v) is 5.69. The summed E-state index contributed by atoms with van der Waals surface area (Å²) in [4.78, 5) is 35.7. The molecule has 2 aliphatic rings. The lowest BCUT2D eigenvalue weighted by atomic mass is 10.1. The number of esters is 1. The minimum Gasteiger partial charge on any atom is -0.452 e. The maximum atomic E-state index is 11.8. The highest BCUT2D eigenvalue weighted by atomic mass is 16.5. The summed E-state index contributed by atoms with van der Waals surface area (Å²) >= 11 is 0. The average molecular weight is 225 g/mol. The lowest BCUT2D eigenvalue weighted by Gasteiger charge is -2.12. The fourth-order valence-electron chi connectivity index (χ4n) is 2.29. The van der Waals surface area contributed by atoms with Crippen LogP contribution in [-0.2, 0) is 19.1 Å². The van der Waals surface area contributed by atoms with E-state index in [1.807, 2.05) is 6.92 Å². The Hall–Kier alpha value is -1.39. The van der Waals surface area contributed by atoms with Gasteiger partial charge in [-0.1, -0.05) is 6.92 Å². The van der Waals surface area contributed by atoms with Crippen LogP contribution in [0.4, 0.5) is 0 Å². The van der Waals surface area contributed by atoms with Gasteiger partial charge in [0.05, 0.1) is 0 Å². The van der Waals surface area contributed by atoms with Gasteiger partial charge in [0.1, 0.15) is 0 Å². The van der Waals surface area contributed by atoms with Gasteiger partial charge in [-0.25, -0.2) is 0 Å². The van der Waals surface area contributed by atoms with Crippen LogP contribution in [-0.4, -0.2) is 34.8 Å². The van der Waals surface area contributed by atoms with Crippen LogP contribution >= 0.6 is 0 Å². The van der Waals surface area contributed by atoms with Crippen LogP contribution in [0, 0.1) is 0 Å². The van der Waals surface area contributed by atoms with E-state index in [4.69, 9.17) is 4.74 Å². The van der Waals surface area contributed by atoms with E-state index in [1.54, 1.807) is 0 Å². The number of ether oxygens (including phenoxy) is 1. The van der Waals surface area contributed by atoms with Crippen LogP contribution in [0.5, 0.6) is 0 Å². The van der Waals surface area contributed by atoms with Crippen molar-refractivity contribution in [3.63, 3.8) is 0 Å². The zero-order valence-electron chi connectivity index (χ0n) is 9.27. The molecule has 5 nitrogen and oxygen atoms in total. The Labute approximate surface area is 93.7 Å². The molecule has 0 aromatic heterocycles. The number of amides is 2. The summed E-state index contributed by atoms with van der Waals surface area (Å²) in [5.41, 5.74) is 0. The highest BCUT2D eigenvalue weighted by Gasteiger charge is 2.48. The van der Waals surface area contributed by atoms with Crippen LogP contribution in [0.1, 0.15) is 39.0 Å². The van der Waals surface area contributed by atoms with E-state index >= 15 is 0 Å². The van der Waals surface area contributed by atoms with Crippen LogP contribution < -0.4 is 0 Å². The largest absolute Gasteiger partial charge is 0.452 e. The molecule has 2 heterocycles. The summed E-state index contributed by atoms with van der Waals surface area (Å²) in [5, 5.41) is 0. The normalized spacial score (nSPS) is 28.4. The summed E-state index contributed by atoms with van der Waals surface area (Å²) in [6, 6.07) is -0.0422. The molecule has 16 heavy (non-hydrogen) atoms. The van der Waals surface area contributed by atoms with Gasteiger partial charge in [-0.05, 0) is 12.8 Å². The minimum atomic E-state index is -0.728. The summed E-state index contributed by atoms with van der Waals surface area (Å²) < 4.78 is 5.07. The number of rotatable bonds is 3. The van der Waals surface area contributed by atoms with Gasteiger partial charge in [-0.2, -0.15) is 0 Å². The molecule has 2 fully saturated rings. The molecule has 0 aliphatic carbocycles. The van der Waals surface area contributed by atoms with E-state index in [-0.39, 0.29) is 23.8 Å². The molecule has 2 rings (SSSR count). The molecule has 0 N–H and O–H groups in total. The lowest BCUT2D eigenvalue weighted by molar-refractivity contribution is -0.158. The van der Waals surface area contributed by atoms with E-state index < -0.39 is 6.10 Å². The molecular weight excluding hydrogens is 210 g/mol. The lowest BCUT2D eigenvalue weighted by Crippen LogP contribution is -2.35. The van der Waals surface area contributed by atoms with Crippen molar-refractivity contribution in [2.75, 3.05) is 0 Å². The van der Waals surface area contributed by atoms with Gasteiger partial charge in [-0.3, -0.25) is 19.3 Å². The maximum absolute atomic E-state index is 11.8. The van der Waals surface area contributed by atoms with Crippen molar-refractivity contribution in [1.82, 2.24) is 4.90 Å². The Morgan fingerprint density at radius 2 is 2.25 bits per heavy atom. The molecule has 2 saturated heterocycles. The van der Waals surface area contributed by atoms with Crippen molar-refractivity contribution >= 4 is 17.8 Å². The van der Waals surface area contributed by atoms with Gasteiger partial charge in [0.2, 0.25) is 5.91 Å². The maximum Gasteiger partial charge on any atom is 0.306 e. The Kier molecular flexibility index (Phi) is 2.94. The highest BCUT2D eigenvalue weighted by molar-refractivity contribution is 6.01. The van der Waals surface area contributed by atoms with Crippen LogP contribution in [0.15, 0.2) is 0 Å². The quantitative estimate of drug-likeness (QED) is 0.521.